The number of halogens is 1. The third kappa shape index (κ3) is 3.17. The van der Waals surface area contributed by atoms with Gasteiger partial charge in [0.1, 0.15) is 11.0 Å². The Bertz CT molecular complexity index is 1350. The average molecular weight is 455 g/mol. The summed E-state index contributed by atoms with van der Waals surface area (Å²) in [4.78, 5) is 33.6. The minimum absolute atomic E-state index is 0.0681. The summed E-state index contributed by atoms with van der Waals surface area (Å²) >= 11 is 5.87. The maximum atomic E-state index is 13.2. The minimum Gasteiger partial charge on any atom is -0.476 e. The highest BCUT2D eigenvalue weighted by atomic mass is 35.5. The van der Waals surface area contributed by atoms with E-state index in [2.05, 4.69) is 10.3 Å². The van der Waals surface area contributed by atoms with Gasteiger partial charge >= 0.3 is 5.97 Å². The molecule has 5 rings (SSSR count). The number of hydrogen-bond acceptors (Lipinski definition) is 6. The Morgan fingerprint density at radius 1 is 1.31 bits per heavy atom. The fraction of sp³-hybridized carbons (Fsp3) is 0.391. The molecule has 0 radical (unpaired) electrons. The van der Waals surface area contributed by atoms with Crippen molar-refractivity contribution >= 4 is 34.2 Å². The molecule has 2 aliphatic carbocycles. The van der Waals surface area contributed by atoms with Crippen LogP contribution >= 0.6 is 11.6 Å². The molecule has 0 aliphatic heterocycles. The van der Waals surface area contributed by atoms with Crippen LogP contribution in [0.5, 0.6) is 0 Å². The quantitative estimate of drug-likeness (QED) is 0.505. The van der Waals surface area contributed by atoms with Crippen molar-refractivity contribution in [2.75, 3.05) is 5.32 Å². The number of aliphatic hydroxyl groups is 1. The Hall–Kier alpha value is -2.97. The Morgan fingerprint density at radius 3 is 2.69 bits per heavy atom. The summed E-state index contributed by atoms with van der Waals surface area (Å²) in [5.41, 5.74) is 1.73. The molecule has 2 fully saturated rings. The number of carbonyl (C=O) groups is 1. The summed E-state index contributed by atoms with van der Waals surface area (Å²) in [6.07, 6.45) is 1.38. The van der Waals surface area contributed by atoms with Crippen molar-refractivity contribution in [1.82, 2.24) is 14.5 Å². The lowest BCUT2D eigenvalue weighted by Crippen LogP contribution is -2.35. The van der Waals surface area contributed by atoms with Gasteiger partial charge in [0.25, 0.3) is 5.56 Å². The second kappa shape index (κ2) is 7.02. The molecule has 32 heavy (non-hydrogen) atoms. The van der Waals surface area contributed by atoms with Crippen LogP contribution in [0.2, 0.25) is 5.15 Å². The standard InChI is InChI=1S/C23H23ClN4O4/c1-10-6-12(11(2)25-16-4-5-17(24)26-19(16)22(30)31)18-13(7-10)21(29)28(3)20(27-18)14-8-23(32)9-15(14)23/h4-7,11,14-15,25,32H,8-9H2,1-3H3,(H,30,31)/t11-,14?,15?,23?/m1/s1. The van der Waals surface area contributed by atoms with Crippen molar-refractivity contribution in [3.8, 4) is 0 Å². The summed E-state index contributed by atoms with van der Waals surface area (Å²) in [5, 5.41) is 23.5. The van der Waals surface area contributed by atoms with Crippen LogP contribution in [0.15, 0.2) is 29.1 Å². The smallest absolute Gasteiger partial charge is 0.356 e. The molecule has 2 heterocycles. The van der Waals surface area contributed by atoms with Crippen LogP contribution in [0.3, 0.4) is 0 Å². The zero-order valence-corrected chi connectivity index (χ0v) is 18.6. The Kier molecular flexibility index (Phi) is 4.58. The van der Waals surface area contributed by atoms with Gasteiger partial charge in [-0.2, -0.15) is 0 Å². The second-order valence-electron chi connectivity index (χ2n) is 9.01. The molecular formula is C23H23ClN4O4. The fourth-order valence-electron chi connectivity index (χ4n) is 4.96. The largest absolute Gasteiger partial charge is 0.476 e. The van der Waals surface area contributed by atoms with Crippen LogP contribution in [-0.2, 0) is 7.05 Å². The number of carboxylic acids is 1. The van der Waals surface area contributed by atoms with Gasteiger partial charge in [0.05, 0.1) is 28.2 Å². The number of hydrogen-bond donors (Lipinski definition) is 3. The lowest BCUT2D eigenvalue weighted by atomic mass is 9.81. The molecule has 0 saturated heterocycles. The van der Waals surface area contributed by atoms with E-state index in [1.807, 2.05) is 26.0 Å². The number of benzene rings is 1. The van der Waals surface area contributed by atoms with Crippen molar-refractivity contribution < 1.29 is 15.0 Å². The van der Waals surface area contributed by atoms with E-state index in [1.165, 1.54) is 6.07 Å². The van der Waals surface area contributed by atoms with Crippen LogP contribution in [0, 0.1) is 12.8 Å². The van der Waals surface area contributed by atoms with Gasteiger partial charge in [0, 0.05) is 24.4 Å². The molecular weight excluding hydrogens is 432 g/mol. The van der Waals surface area contributed by atoms with Crippen molar-refractivity contribution in [1.29, 1.82) is 0 Å². The van der Waals surface area contributed by atoms with E-state index in [9.17, 15) is 19.8 Å². The van der Waals surface area contributed by atoms with E-state index >= 15 is 0 Å². The molecule has 166 valence electrons. The summed E-state index contributed by atoms with van der Waals surface area (Å²) in [6, 6.07) is 6.52. The first kappa shape index (κ1) is 20.9. The van der Waals surface area contributed by atoms with Crippen molar-refractivity contribution in [2.24, 2.45) is 13.0 Å². The first-order valence-corrected chi connectivity index (χ1v) is 10.9. The first-order chi connectivity index (χ1) is 15.1. The van der Waals surface area contributed by atoms with Crippen LogP contribution < -0.4 is 10.9 Å². The van der Waals surface area contributed by atoms with Crippen molar-refractivity contribution in [2.45, 2.75) is 44.2 Å². The SMILES string of the molecule is Cc1cc([C@@H](C)Nc2ccc(Cl)nc2C(=O)O)c2nc(C3CC4(O)CC34)n(C)c(=O)c2c1. The Balaban J connectivity index is 1.60. The van der Waals surface area contributed by atoms with Crippen LogP contribution in [0.1, 0.15) is 59.2 Å². The summed E-state index contributed by atoms with van der Waals surface area (Å²) in [6.45, 7) is 3.79. The van der Waals surface area contributed by atoms with E-state index < -0.39 is 11.6 Å². The number of pyridine rings is 1. The number of rotatable bonds is 5. The normalized spacial score (nSPS) is 24.5. The molecule has 8 nitrogen and oxygen atoms in total. The number of aromatic carboxylic acids is 1. The van der Waals surface area contributed by atoms with Crippen LogP contribution in [0.4, 0.5) is 5.69 Å². The maximum Gasteiger partial charge on any atom is 0.356 e. The summed E-state index contributed by atoms with van der Waals surface area (Å²) in [5.74, 6) is -0.266. The first-order valence-electron chi connectivity index (χ1n) is 10.5. The molecule has 1 aromatic carbocycles. The van der Waals surface area contributed by atoms with E-state index in [-0.39, 0.29) is 34.3 Å². The van der Waals surface area contributed by atoms with Gasteiger partial charge in [0.2, 0.25) is 0 Å². The molecule has 2 aromatic heterocycles. The third-order valence-corrected chi connectivity index (χ3v) is 7.00. The molecule has 3 unspecified atom stereocenters. The molecule has 0 amide bonds. The summed E-state index contributed by atoms with van der Waals surface area (Å²) in [7, 11) is 1.73. The highest BCUT2D eigenvalue weighted by Gasteiger charge is 2.67. The topological polar surface area (TPSA) is 117 Å². The number of nitrogens with one attached hydrogen (secondary N) is 1. The predicted molar refractivity (Wildman–Crippen MR) is 120 cm³/mol. The number of aromatic nitrogens is 3. The number of anilines is 1. The van der Waals surface area contributed by atoms with Crippen LogP contribution in [0.25, 0.3) is 10.9 Å². The molecule has 0 spiro atoms. The third-order valence-electron chi connectivity index (χ3n) is 6.79. The minimum atomic E-state index is -1.19. The molecule has 9 heteroatoms. The lowest BCUT2D eigenvalue weighted by molar-refractivity contribution is 0.0494. The van der Waals surface area contributed by atoms with Gasteiger partial charge in [-0.3, -0.25) is 9.36 Å². The van der Waals surface area contributed by atoms with Crippen molar-refractivity contribution in [3.05, 3.63) is 62.4 Å². The van der Waals surface area contributed by atoms with Crippen molar-refractivity contribution in [3.63, 3.8) is 0 Å². The number of fused-ring (bicyclic) bond motifs is 2. The van der Waals surface area contributed by atoms with Gasteiger partial charge < -0.3 is 15.5 Å². The van der Waals surface area contributed by atoms with Gasteiger partial charge in [-0.1, -0.05) is 17.7 Å². The molecule has 2 aliphatic rings. The Labute approximate surface area is 188 Å². The van der Waals surface area contributed by atoms with E-state index in [4.69, 9.17) is 16.6 Å². The lowest BCUT2D eigenvalue weighted by Gasteiger charge is -2.31. The highest BCUT2D eigenvalue weighted by Crippen LogP contribution is 2.66. The Morgan fingerprint density at radius 2 is 2.06 bits per heavy atom. The molecule has 2 saturated carbocycles. The molecule has 3 N–H and O–H groups in total. The van der Waals surface area contributed by atoms with Gasteiger partial charge in [-0.05, 0) is 50.5 Å². The molecule has 4 atom stereocenters. The van der Waals surface area contributed by atoms with Gasteiger partial charge in [0.15, 0.2) is 5.69 Å². The number of nitrogens with zero attached hydrogens (tertiary/aromatic N) is 3. The predicted octanol–water partition coefficient (Wildman–Crippen LogP) is 3.40. The zero-order valence-electron chi connectivity index (χ0n) is 17.9. The molecule has 0 bridgehead atoms. The monoisotopic (exact) mass is 454 g/mol. The van der Waals surface area contributed by atoms with Crippen LogP contribution in [-0.4, -0.2) is 36.3 Å². The van der Waals surface area contributed by atoms with E-state index in [0.29, 0.717) is 28.8 Å². The summed E-state index contributed by atoms with van der Waals surface area (Å²) < 4.78 is 1.60. The fourth-order valence-corrected chi connectivity index (χ4v) is 5.11. The van der Waals surface area contributed by atoms with E-state index in [0.717, 1.165) is 17.5 Å². The second-order valence-corrected chi connectivity index (χ2v) is 9.40. The number of aryl methyl sites for hydroxylation is 1. The highest BCUT2D eigenvalue weighted by molar-refractivity contribution is 6.29. The van der Waals surface area contributed by atoms with Gasteiger partial charge in [-0.25, -0.2) is 14.8 Å². The maximum absolute atomic E-state index is 13.2. The van der Waals surface area contributed by atoms with Gasteiger partial charge in [-0.15, -0.1) is 0 Å². The van der Waals surface area contributed by atoms with E-state index in [1.54, 1.807) is 17.7 Å². The number of carboxylic acid groups (broad SMARTS) is 1. The average Bonchev–Trinajstić information content (AvgIpc) is 3.27. The zero-order chi connectivity index (χ0) is 22.9. The molecule has 3 aromatic rings.